The lowest BCUT2D eigenvalue weighted by Crippen LogP contribution is -2.13. The Hall–Kier alpha value is -2.88. The molecule has 1 saturated carbocycles. The van der Waals surface area contributed by atoms with Gasteiger partial charge in [0.05, 0.1) is 12.2 Å². The quantitative estimate of drug-likeness (QED) is 0.377. The number of carbonyl (C=O) groups excluding carboxylic acids is 1. The number of carboxylic acids is 1. The standard InChI is InChI=1S/C27H32O4/c1-3-5-19-6-9-21(10-7-19)22-11-13-23(14-12-22)25-18-20(8-15-24(25)27(29)30)16-17-31-26(28)4-2/h4,8,11-15,18-19,21H,2-3,5-7,9-10,16-17H2,1H3,(H,29,30). The van der Waals surface area contributed by atoms with Crippen LogP contribution < -0.4 is 0 Å². The Morgan fingerprint density at radius 3 is 2.42 bits per heavy atom. The summed E-state index contributed by atoms with van der Waals surface area (Å²) in [4.78, 5) is 23.0. The number of rotatable bonds is 9. The molecule has 0 heterocycles. The van der Waals surface area contributed by atoms with Gasteiger partial charge in [0.15, 0.2) is 0 Å². The van der Waals surface area contributed by atoms with Crippen LogP contribution in [0.5, 0.6) is 0 Å². The average Bonchev–Trinajstić information content (AvgIpc) is 2.79. The van der Waals surface area contributed by atoms with Crippen LogP contribution in [0.25, 0.3) is 11.1 Å². The highest BCUT2D eigenvalue weighted by molar-refractivity contribution is 5.96. The van der Waals surface area contributed by atoms with Crippen molar-refractivity contribution >= 4 is 11.9 Å². The minimum Gasteiger partial charge on any atom is -0.478 e. The first-order chi connectivity index (χ1) is 15.0. The van der Waals surface area contributed by atoms with Crippen molar-refractivity contribution in [1.29, 1.82) is 0 Å². The second-order valence-electron chi connectivity index (χ2n) is 8.44. The first kappa shape index (κ1) is 22.8. The van der Waals surface area contributed by atoms with E-state index in [-0.39, 0.29) is 12.2 Å². The molecule has 2 aromatic rings. The summed E-state index contributed by atoms with van der Waals surface area (Å²) in [6.45, 7) is 5.88. The largest absolute Gasteiger partial charge is 0.478 e. The maximum Gasteiger partial charge on any atom is 0.336 e. The average molecular weight is 421 g/mol. The van der Waals surface area contributed by atoms with Crippen molar-refractivity contribution in [3.63, 3.8) is 0 Å². The van der Waals surface area contributed by atoms with Crippen LogP contribution in [-0.4, -0.2) is 23.7 Å². The lowest BCUT2D eigenvalue weighted by atomic mass is 9.77. The molecule has 1 N–H and O–H groups in total. The fourth-order valence-electron chi connectivity index (χ4n) is 4.63. The van der Waals surface area contributed by atoms with Crippen LogP contribution in [0.2, 0.25) is 0 Å². The van der Waals surface area contributed by atoms with Gasteiger partial charge in [-0.05, 0) is 65.8 Å². The van der Waals surface area contributed by atoms with E-state index < -0.39 is 11.9 Å². The van der Waals surface area contributed by atoms with Crippen molar-refractivity contribution in [1.82, 2.24) is 0 Å². The summed E-state index contributed by atoms with van der Waals surface area (Å²) < 4.78 is 5.05. The maximum absolute atomic E-state index is 11.8. The Kier molecular flexibility index (Phi) is 8.05. The van der Waals surface area contributed by atoms with E-state index in [9.17, 15) is 14.7 Å². The van der Waals surface area contributed by atoms with Crippen LogP contribution >= 0.6 is 0 Å². The fourth-order valence-corrected chi connectivity index (χ4v) is 4.63. The van der Waals surface area contributed by atoms with E-state index in [2.05, 4.69) is 25.6 Å². The van der Waals surface area contributed by atoms with E-state index in [1.54, 1.807) is 12.1 Å². The maximum atomic E-state index is 11.8. The zero-order valence-electron chi connectivity index (χ0n) is 18.3. The summed E-state index contributed by atoms with van der Waals surface area (Å²) in [5.74, 6) is 0.0822. The highest BCUT2D eigenvalue weighted by atomic mass is 16.5. The monoisotopic (exact) mass is 420 g/mol. The number of aromatic carboxylic acids is 1. The fraction of sp³-hybridized carbons (Fsp3) is 0.407. The van der Waals surface area contributed by atoms with Crippen LogP contribution in [-0.2, 0) is 16.0 Å². The minimum absolute atomic E-state index is 0.232. The summed E-state index contributed by atoms with van der Waals surface area (Å²) in [6, 6.07) is 13.7. The van der Waals surface area contributed by atoms with Gasteiger partial charge >= 0.3 is 11.9 Å². The van der Waals surface area contributed by atoms with Gasteiger partial charge in [0, 0.05) is 12.5 Å². The molecular formula is C27H32O4. The predicted octanol–water partition coefficient (Wildman–Crippen LogP) is 6.40. The highest BCUT2D eigenvalue weighted by Gasteiger charge is 2.22. The molecule has 0 radical (unpaired) electrons. The topological polar surface area (TPSA) is 63.6 Å². The Morgan fingerprint density at radius 1 is 1.10 bits per heavy atom. The van der Waals surface area contributed by atoms with Crippen molar-refractivity contribution < 1.29 is 19.4 Å². The summed E-state index contributed by atoms with van der Waals surface area (Å²) in [6.07, 6.45) is 9.36. The van der Waals surface area contributed by atoms with Gasteiger partial charge in [-0.2, -0.15) is 0 Å². The van der Waals surface area contributed by atoms with Gasteiger partial charge in [-0.1, -0.05) is 62.7 Å². The molecule has 164 valence electrons. The number of carbonyl (C=O) groups is 2. The Labute approximate surface area is 184 Å². The number of esters is 1. The van der Waals surface area contributed by atoms with Crippen LogP contribution in [0, 0.1) is 5.92 Å². The number of hydrogen-bond donors (Lipinski definition) is 1. The van der Waals surface area contributed by atoms with Gasteiger partial charge in [-0.3, -0.25) is 0 Å². The molecule has 0 unspecified atom stereocenters. The van der Waals surface area contributed by atoms with Crippen LogP contribution in [0.3, 0.4) is 0 Å². The van der Waals surface area contributed by atoms with Crippen LogP contribution in [0.1, 0.15) is 72.9 Å². The highest BCUT2D eigenvalue weighted by Crippen LogP contribution is 2.38. The summed E-state index contributed by atoms with van der Waals surface area (Å²) in [5.41, 5.74) is 4.14. The van der Waals surface area contributed by atoms with Crippen LogP contribution in [0.4, 0.5) is 0 Å². The molecule has 0 amide bonds. The van der Waals surface area contributed by atoms with Crippen molar-refractivity contribution in [2.75, 3.05) is 6.61 Å². The van der Waals surface area contributed by atoms with E-state index in [1.807, 2.05) is 18.2 Å². The molecule has 0 aromatic heterocycles. The molecule has 4 heteroatoms. The molecule has 0 spiro atoms. The van der Waals surface area contributed by atoms with Gasteiger partial charge in [0.25, 0.3) is 0 Å². The van der Waals surface area contributed by atoms with Gasteiger partial charge < -0.3 is 9.84 Å². The first-order valence-corrected chi connectivity index (χ1v) is 11.3. The number of carboxylic acid groups (broad SMARTS) is 1. The zero-order chi connectivity index (χ0) is 22.2. The third-order valence-electron chi connectivity index (χ3n) is 6.35. The molecule has 2 aromatic carbocycles. The SMILES string of the molecule is C=CC(=O)OCCc1ccc(C(=O)O)c(-c2ccc(C3CCC(CCC)CC3)cc2)c1. The third-order valence-corrected chi connectivity index (χ3v) is 6.35. The van der Waals surface area contributed by atoms with Crippen molar-refractivity contribution in [2.24, 2.45) is 5.92 Å². The minimum atomic E-state index is -0.946. The molecule has 0 aliphatic heterocycles. The molecule has 0 bridgehead atoms. The number of ether oxygens (including phenoxy) is 1. The smallest absolute Gasteiger partial charge is 0.336 e. The summed E-state index contributed by atoms with van der Waals surface area (Å²) >= 11 is 0. The molecular weight excluding hydrogens is 388 g/mol. The van der Waals surface area contributed by atoms with Crippen molar-refractivity contribution in [3.8, 4) is 11.1 Å². The molecule has 1 aliphatic rings. The Bertz CT molecular complexity index is 905. The number of benzene rings is 2. The number of hydrogen-bond acceptors (Lipinski definition) is 3. The first-order valence-electron chi connectivity index (χ1n) is 11.3. The van der Waals surface area contributed by atoms with Gasteiger partial charge in [-0.25, -0.2) is 9.59 Å². The second kappa shape index (κ2) is 10.9. The zero-order valence-corrected chi connectivity index (χ0v) is 18.3. The molecule has 1 fully saturated rings. The summed E-state index contributed by atoms with van der Waals surface area (Å²) in [5, 5.41) is 9.65. The molecule has 4 nitrogen and oxygen atoms in total. The van der Waals surface area contributed by atoms with E-state index in [4.69, 9.17) is 4.74 Å². The van der Waals surface area contributed by atoms with E-state index in [1.165, 1.54) is 44.1 Å². The van der Waals surface area contributed by atoms with Crippen molar-refractivity contribution in [3.05, 3.63) is 71.8 Å². The third kappa shape index (κ3) is 6.06. The van der Waals surface area contributed by atoms with E-state index in [0.29, 0.717) is 17.9 Å². The molecule has 31 heavy (non-hydrogen) atoms. The molecule has 3 rings (SSSR count). The van der Waals surface area contributed by atoms with Crippen LogP contribution in [0.15, 0.2) is 55.1 Å². The predicted molar refractivity (Wildman–Crippen MR) is 123 cm³/mol. The molecule has 1 aliphatic carbocycles. The molecule has 0 saturated heterocycles. The van der Waals surface area contributed by atoms with Gasteiger partial charge in [0.2, 0.25) is 0 Å². The lowest BCUT2D eigenvalue weighted by Gasteiger charge is -2.28. The normalized spacial score (nSPS) is 18.4. The lowest BCUT2D eigenvalue weighted by molar-refractivity contribution is -0.137. The Balaban J connectivity index is 1.74. The summed E-state index contributed by atoms with van der Waals surface area (Å²) in [7, 11) is 0. The van der Waals surface area contributed by atoms with E-state index in [0.717, 1.165) is 23.1 Å². The van der Waals surface area contributed by atoms with Gasteiger partial charge in [0.1, 0.15) is 0 Å². The van der Waals surface area contributed by atoms with Crippen molar-refractivity contribution in [2.45, 2.75) is 57.8 Å². The molecule has 0 atom stereocenters. The Morgan fingerprint density at radius 2 is 1.81 bits per heavy atom. The second-order valence-corrected chi connectivity index (χ2v) is 8.44. The van der Waals surface area contributed by atoms with Gasteiger partial charge in [-0.15, -0.1) is 0 Å². The van der Waals surface area contributed by atoms with E-state index >= 15 is 0 Å².